The standard InChI is InChI=1S/C33H34N4O5/c1-33(2,3)26-12-8-24(9-13-26)31(41)37-28(32(42)34-17-16-29(39)40)18-21-4-6-23(7-5-21)30-35-19-25(20-36-30)22-10-14-27(38)15-11-22/h4-15,19-20,28,38H,16-18H2,1-3H3,(H,34,42)(H,37,41)(H,39,40). The molecule has 1 unspecified atom stereocenters. The van der Waals surface area contributed by atoms with E-state index in [1.54, 1.807) is 48.8 Å². The predicted molar refractivity (Wildman–Crippen MR) is 160 cm³/mol. The minimum Gasteiger partial charge on any atom is -0.508 e. The first-order valence-corrected chi connectivity index (χ1v) is 13.6. The van der Waals surface area contributed by atoms with Crippen LogP contribution in [0, 0.1) is 0 Å². The second-order valence-corrected chi connectivity index (χ2v) is 11.0. The Labute approximate surface area is 244 Å². The van der Waals surface area contributed by atoms with Gasteiger partial charge in [-0.25, -0.2) is 9.97 Å². The molecule has 0 aliphatic rings. The van der Waals surface area contributed by atoms with Crippen LogP contribution in [0.15, 0.2) is 85.2 Å². The summed E-state index contributed by atoms with van der Waals surface area (Å²) >= 11 is 0. The van der Waals surface area contributed by atoms with Gasteiger partial charge in [0.05, 0.1) is 6.42 Å². The Morgan fingerprint density at radius 1 is 0.810 bits per heavy atom. The Balaban J connectivity index is 1.47. The van der Waals surface area contributed by atoms with Crippen molar-refractivity contribution < 1.29 is 24.6 Å². The molecule has 0 radical (unpaired) electrons. The number of aromatic hydroxyl groups is 1. The highest BCUT2D eigenvalue weighted by atomic mass is 16.4. The number of nitrogens with zero attached hydrogens (tertiary/aromatic N) is 2. The fourth-order valence-corrected chi connectivity index (χ4v) is 4.29. The molecule has 1 atom stereocenters. The predicted octanol–water partition coefficient (Wildman–Crippen LogP) is 4.75. The molecular weight excluding hydrogens is 532 g/mol. The van der Waals surface area contributed by atoms with Crippen molar-refractivity contribution in [2.24, 2.45) is 0 Å². The van der Waals surface area contributed by atoms with Crippen LogP contribution in [-0.4, -0.2) is 50.6 Å². The minimum atomic E-state index is -1.02. The number of carbonyl (C=O) groups is 3. The number of nitrogens with one attached hydrogen (secondary N) is 2. The number of hydrogen-bond acceptors (Lipinski definition) is 6. The van der Waals surface area contributed by atoms with E-state index < -0.39 is 23.8 Å². The number of aliphatic carboxylic acids is 1. The van der Waals surface area contributed by atoms with E-state index in [2.05, 4.69) is 41.4 Å². The molecule has 42 heavy (non-hydrogen) atoms. The molecule has 4 rings (SSSR count). The van der Waals surface area contributed by atoms with Crippen molar-refractivity contribution in [1.82, 2.24) is 20.6 Å². The summed E-state index contributed by atoms with van der Waals surface area (Å²) in [5.74, 6) is -1.17. The number of aromatic nitrogens is 2. The fourth-order valence-electron chi connectivity index (χ4n) is 4.29. The van der Waals surface area contributed by atoms with E-state index in [4.69, 9.17) is 5.11 Å². The summed E-state index contributed by atoms with van der Waals surface area (Å²) < 4.78 is 0. The molecule has 0 aliphatic heterocycles. The van der Waals surface area contributed by atoms with Crippen LogP contribution in [-0.2, 0) is 21.4 Å². The van der Waals surface area contributed by atoms with Crippen molar-refractivity contribution in [1.29, 1.82) is 0 Å². The molecule has 0 fully saturated rings. The topological polar surface area (TPSA) is 142 Å². The third-order valence-electron chi connectivity index (χ3n) is 6.78. The number of amides is 2. The lowest BCUT2D eigenvalue weighted by Crippen LogP contribution is -2.48. The van der Waals surface area contributed by atoms with Crippen molar-refractivity contribution >= 4 is 17.8 Å². The summed E-state index contributed by atoms with van der Waals surface area (Å²) in [6.07, 6.45) is 3.40. The van der Waals surface area contributed by atoms with Crippen LogP contribution < -0.4 is 10.6 Å². The Morgan fingerprint density at radius 3 is 1.98 bits per heavy atom. The van der Waals surface area contributed by atoms with E-state index in [0.717, 1.165) is 27.8 Å². The zero-order valence-electron chi connectivity index (χ0n) is 23.8. The molecule has 1 aromatic heterocycles. The average molecular weight is 567 g/mol. The number of hydrogen-bond donors (Lipinski definition) is 4. The Morgan fingerprint density at radius 2 is 1.40 bits per heavy atom. The second-order valence-electron chi connectivity index (χ2n) is 11.0. The second kappa shape index (κ2) is 13.1. The monoisotopic (exact) mass is 566 g/mol. The molecular formula is C33H34N4O5. The average Bonchev–Trinajstić information content (AvgIpc) is 2.97. The number of carbonyl (C=O) groups excluding carboxylic acids is 2. The number of phenolic OH excluding ortho intramolecular Hbond substituents is 1. The van der Waals surface area contributed by atoms with Gasteiger partial charge in [-0.05, 0) is 46.4 Å². The van der Waals surface area contributed by atoms with Gasteiger partial charge < -0.3 is 20.8 Å². The lowest BCUT2D eigenvalue weighted by Gasteiger charge is -2.20. The minimum absolute atomic E-state index is 0.0444. The fraction of sp³-hybridized carbons (Fsp3) is 0.242. The van der Waals surface area contributed by atoms with E-state index in [1.807, 2.05) is 36.4 Å². The number of benzene rings is 3. The molecule has 3 aromatic carbocycles. The maximum Gasteiger partial charge on any atom is 0.305 e. The number of carboxylic acids is 1. The van der Waals surface area contributed by atoms with Crippen molar-refractivity contribution in [3.05, 3.63) is 102 Å². The van der Waals surface area contributed by atoms with E-state index >= 15 is 0 Å². The van der Waals surface area contributed by atoms with Crippen molar-refractivity contribution in [2.75, 3.05) is 6.54 Å². The van der Waals surface area contributed by atoms with Gasteiger partial charge in [0.25, 0.3) is 5.91 Å². The Bertz CT molecular complexity index is 1530. The largest absolute Gasteiger partial charge is 0.508 e. The molecule has 216 valence electrons. The SMILES string of the molecule is CC(C)(C)c1ccc(C(=O)NC(Cc2ccc(-c3ncc(-c4ccc(O)cc4)cn3)cc2)C(=O)NCCC(=O)O)cc1. The summed E-state index contributed by atoms with van der Waals surface area (Å²) in [6.45, 7) is 6.22. The van der Waals surface area contributed by atoms with Gasteiger partial charge in [-0.3, -0.25) is 14.4 Å². The van der Waals surface area contributed by atoms with Gasteiger partial charge in [0.15, 0.2) is 5.82 Å². The Hall–Kier alpha value is -5.05. The summed E-state index contributed by atoms with van der Waals surface area (Å²) in [4.78, 5) is 45.9. The maximum absolute atomic E-state index is 13.1. The van der Waals surface area contributed by atoms with E-state index in [-0.39, 0.29) is 30.6 Å². The van der Waals surface area contributed by atoms with Gasteiger partial charge in [0.2, 0.25) is 5.91 Å². The quantitative estimate of drug-likeness (QED) is 0.217. The van der Waals surface area contributed by atoms with Gasteiger partial charge in [0.1, 0.15) is 11.8 Å². The maximum atomic E-state index is 13.1. The molecule has 0 aliphatic carbocycles. The third-order valence-corrected chi connectivity index (χ3v) is 6.78. The molecule has 0 saturated heterocycles. The third kappa shape index (κ3) is 8.00. The highest BCUT2D eigenvalue weighted by molar-refractivity contribution is 5.97. The van der Waals surface area contributed by atoms with Crippen molar-refractivity contribution in [3.8, 4) is 28.3 Å². The van der Waals surface area contributed by atoms with E-state index in [0.29, 0.717) is 11.4 Å². The summed E-state index contributed by atoms with van der Waals surface area (Å²) in [5.41, 5.74) is 4.72. The van der Waals surface area contributed by atoms with E-state index in [9.17, 15) is 19.5 Å². The summed E-state index contributed by atoms with van der Waals surface area (Å²) in [6, 6.07) is 20.5. The number of phenols is 1. The van der Waals surface area contributed by atoms with Gasteiger partial charge in [-0.15, -0.1) is 0 Å². The van der Waals surface area contributed by atoms with Crippen LogP contribution in [0.2, 0.25) is 0 Å². The Kier molecular flexibility index (Phi) is 9.32. The van der Waals surface area contributed by atoms with Crippen LogP contribution in [0.5, 0.6) is 5.75 Å². The van der Waals surface area contributed by atoms with Gasteiger partial charge in [-0.1, -0.05) is 69.3 Å². The molecule has 0 saturated carbocycles. The lowest BCUT2D eigenvalue weighted by atomic mass is 9.86. The first-order chi connectivity index (χ1) is 20.0. The molecule has 4 N–H and O–H groups in total. The number of carboxylic acid groups (broad SMARTS) is 1. The van der Waals surface area contributed by atoms with Crippen LogP contribution in [0.3, 0.4) is 0 Å². The van der Waals surface area contributed by atoms with Gasteiger partial charge >= 0.3 is 5.97 Å². The molecule has 0 spiro atoms. The molecule has 9 nitrogen and oxygen atoms in total. The zero-order chi connectivity index (χ0) is 30.3. The highest BCUT2D eigenvalue weighted by Gasteiger charge is 2.23. The molecule has 4 aromatic rings. The molecule has 1 heterocycles. The highest BCUT2D eigenvalue weighted by Crippen LogP contribution is 2.24. The van der Waals surface area contributed by atoms with E-state index in [1.165, 1.54) is 0 Å². The lowest BCUT2D eigenvalue weighted by molar-refractivity contribution is -0.137. The normalized spacial score (nSPS) is 11.9. The van der Waals surface area contributed by atoms with Gasteiger partial charge in [-0.2, -0.15) is 0 Å². The zero-order valence-corrected chi connectivity index (χ0v) is 23.8. The molecule has 0 bridgehead atoms. The molecule has 9 heteroatoms. The summed E-state index contributed by atoms with van der Waals surface area (Å²) in [5, 5.41) is 23.9. The van der Waals surface area contributed by atoms with Crippen LogP contribution in [0.1, 0.15) is 48.7 Å². The molecule has 2 amide bonds. The van der Waals surface area contributed by atoms with Crippen LogP contribution in [0.4, 0.5) is 0 Å². The first-order valence-electron chi connectivity index (χ1n) is 13.6. The van der Waals surface area contributed by atoms with Crippen LogP contribution >= 0.6 is 0 Å². The van der Waals surface area contributed by atoms with Crippen molar-refractivity contribution in [2.45, 2.75) is 45.1 Å². The van der Waals surface area contributed by atoms with Crippen molar-refractivity contribution in [3.63, 3.8) is 0 Å². The smallest absolute Gasteiger partial charge is 0.305 e. The van der Waals surface area contributed by atoms with Crippen LogP contribution in [0.25, 0.3) is 22.5 Å². The van der Waals surface area contributed by atoms with Gasteiger partial charge in [0, 0.05) is 42.0 Å². The summed E-state index contributed by atoms with van der Waals surface area (Å²) in [7, 11) is 0. The first kappa shape index (κ1) is 29.9. The number of rotatable bonds is 10.